The molecule has 0 bridgehead atoms. The molecule has 0 radical (unpaired) electrons. The maximum atomic E-state index is 6.42. The monoisotopic (exact) mass is 474 g/mol. The summed E-state index contributed by atoms with van der Waals surface area (Å²) in [6.07, 6.45) is 8.88. The first-order valence-corrected chi connectivity index (χ1v) is 13.0. The Hall–Kier alpha value is -3.77. The molecule has 36 heavy (non-hydrogen) atoms. The molecule has 1 aliphatic heterocycles. The molecular formula is C30H30N6. The summed E-state index contributed by atoms with van der Waals surface area (Å²) in [6.45, 7) is 3.76. The summed E-state index contributed by atoms with van der Waals surface area (Å²) in [5.74, 6) is 2.86. The average molecular weight is 475 g/mol. The Kier molecular flexibility index (Phi) is 5.21. The van der Waals surface area contributed by atoms with E-state index in [1.807, 2.05) is 24.4 Å². The van der Waals surface area contributed by atoms with E-state index in [1.165, 1.54) is 45.3 Å². The molecule has 4 heterocycles. The SMILES string of the molecule is Nc1nccn2c1c(-c1ccc3ccc(-c4ccccc4)nc3c1)nc2[C@H]1C[C@@H](CN2CCCC2)C1. The maximum absolute atomic E-state index is 6.42. The lowest BCUT2D eigenvalue weighted by Crippen LogP contribution is -2.34. The van der Waals surface area contributed by atoms with E-state index in [0.29, 0.717) is 11.7 Å². The number of benzene rings is 2. The Bertz CT molecular complexity index is 1540. The van der Waals surface area contributed by atoms with Crippen molar-refractivity contribution in [3.8, 4) is 22.5 Å². The van der Waals surface area contributed by atoms with Crippen molar-refractivity contribution in [3.05, 3.63) is 78.9 Å². The molecule has 2 N–H and O–H groups in total. The number of pyridine rings is 1. The fourth-order valence-corrected chi connectivity index (χ4v) is 6.04. The Labute approximate surface area is 210 Å². The lowest BCUT2D eigenvalue weighted by molar-refractivity contribution is 0.176. The summed E-state index contributed by atoms with van der Waals surface area (Å²) in [5.41, 5.74) is 12.3. The molecule has 0 atom stereocenters. The van der Waals surface area contributed by atoms with E-state index < -0.39 is 0 Å². The van der Waals surface area contributed by atoms with Gasteiger partial charge in [-0.25, -0.2) is 15.0 Å². The van der Waals surface area contributed by atoms with Crippen LogP contribution in [0.3, 0.4) is 0 Å². The zero-order chi connectivity index (χ0) is 24.1. The molecule has 0 unspecified atom stereocenters. The summed E-state index contributed by atoms with van der Waals surface area (Å²) in [6, 6.07) is 20.9. The van der Waals surface area contributed by atoms with Crippen LogP contribution >= 0.6 is 0 Å². The van der Waals surface area contributed by atoms with Gasteiger partial charge in [0, 0.05) is 41.4 Å². The highest BCUT2D eigenvalue weighted by Gasteiger charge is 2.35. The molecule has 6 nitrogen and oxygen atoms in total. The van der Waals surface area contributed by atoms with Gasteiger partial charge >= 0.3 is 0 Å². The van der Waals surface area contributed by atoms with Crippen molar-refractivity contribution in [2.45, 2.75) is 31.6 Å². The second-order valence-corrected chi connectivity index (χ2v) is 10.4. The normalized spacial score (nSPS) is 20.2. The van der Waals surface area contributed by atoms with Crippen LogP contribution in [-0.4, -0.2) is 43.9 Å². The summed E-state index contributed by atoms with van der Waals surface area (Å²) in [7, 11) is 0. The zero-order valence-electron chi connectivity index (χ0n) is 20.3. The van der Waals surface area contributed by atoms with Crippen LogP contribution in [0.25, 0.3) is 38.9 Å². The fourth-order valence-electron chi connectivity index (χ4n) is 6.04. The quantitative estimate of drug-likeness (QED) is 0.349. The average Bonchev–Trinajstić information content (AvgIpc) is 3.55. The van der Waals surface area contributed by atoms with Gasteiger partial charge in [0.25, 0.3) is 0 Å². The first kappa shape index (κ1) is 21.5. The molecule has 7 rings (SSSR count). The van der Waals surface area contributed by atoms with Crippen LogP contribution in [0.4, 0.5) is 5.82 Å². The van der Waals surface area contributed by atoms with Crippen LogP contribution in [0.1, 0.15) is 37.4 Å². The van der Waals surface area contributed by atoms with Crippen molar-refractivity contribution in [3.63, 3.8) is 0 Å². The van der Waals surface area contributed by atoms with Crippen molar-refractivity contribution in [1.82, 2.24) is 24.3 Å². The summed E-state index contributed by atoms with van der Waals surface area (Å²) in [5, 5.41) is 1.11. The zero-order valence-corrected chi connectivity index (χ0v) is 20.3. The Morgan fingerprint density at radius 3 is 2.53 bits per heavy atom. The number of rotatable bonds is 5. The number of hydrogen-bond acceptors (Lipinski definition) is 5. The molecule has 5 aromatic rings. The van der Waals surface area contributed by atoms with Crippen LogP contribution in [0.2, 0.25) is 0 Å². The van der Waals surface area contributed by atoms with Crippen molar-refractivity contribution in [2.24, 2.45) is 5.92 Å². The highest BCUT2D eigenvalue weighted by atomic mass is 15.1. The first-order chi connectivity index (χ1) is 17.7. The van der Waals surface area contributed by atoms with Gasteiger partial charge in [-0.15, -0.1) is 0 Å². The number of aromatic nitrogens is 4. The number of hydrogen-bond donors (Lipinski definition) is 1. The van der Waals surface area contributed by atoms with Gasteiger partial charge in [-0.1, -0.05) is 48.5 Å². The Morgan fingerprint density at radius 1 is 0.889 bits per heavy atom. The number of nitrogens with two attached hydrogens (primary N) is 1. The third-order valence-electron chi connectivity index (χ3n) is 7.96. The van der Waals surface area contributed by atoms with E-state index >= 15 is 0 Å². The van der Waals surface area contributed by atoms with E-state index in [9.17, 15) is 0 Å². The molecule has 2 aromatic carbocycles. The Morgan fingerprint density at radius 2 is 1.69 bits per heavy atom. The summed E-state index contributed by atoms with van der Waals surface area (Å²) in [4.78, 5) is 17.2. The second-order valence-electron chi connectivity index (χ2n) is 10.4. The minimum absolute atomic E-state index is 0.462. The second kappa shape index (κ2) is 8.71. The lowest BCUT2D eigenvalue weighted by Gasteiger charge is -2.37. The van der Waals surface area contributed by atoms with Crippen LogP contribution in [0.15, 0.2) is 73.1 Å². The summed E-state index contributed by atoms with van der Waals surface area (Å²) < 4.78 is 2.17. The summed E-state index contributed by atoms with van der Waals surface area (Å²) >= 11 is 0. The minimum atomic E-state index is 0.462. The van der Waals surface area contributed by atoms with Crippen LogP contribution in [0.5, 0.6) is 0 Å². The molecule has 1 saturated heterocycles. The standard InChI is InChI=1S/C30H30N6/c31-29-28-27(23-9-8-22-10-11-25(33-26(22)18-23)21-6-2-1-3-7-21)34-30(36(28)15-12-32-29)24-16-20(17-24)19-35-13-4-5-14-35/h1-3,6-12,15,18,20,24H,4-5,13-14,16-17,19H2,(H2,31,32)/t20-,24+. The highest BCUT2D eigenvalue weighted by molar-refractivity contribution is 5.91. The van der Waals surface area contributed by atoms with Crippen LogP contribution in [0, 0.1) is 5.92 Å². The number of nitrogen functional groups attached to an aromatic ring is 1. The van der Waals surface area contributed by atoms with Crippen molar-refractivity contribution >= 4 is 22.2 Å². The van der Waals surface area contributed by atoms with Gasteiger partial charge in [-0.3, -0.25) is 4.40 Å². The molecule has 2 aliphatic rings. The predicted octanol–water partition coefficient (Wildman–Crippen LogP) is 5.78. The van der Waals surface area contributed by atoms with Crippen molar-refractivity contribution in [1.29, 1.82) is 0 Å². The van der Waals surface area contributed by atoms with Gasteiger partial charge in [-0.2, -0.15) is 0 Å². The largest absolute Gasteiger partial charge is 0.382 e. The van der Waals surface area contributed by atoms with Gasteiger partial charge in [0.15, 0.2) is 0 Å². The minimum Gasteiger partial charge on any atom is -0.382 e. The highest BCUT2D eigenvalue weighted by Crippen LogP contribution is 2.44. The molecule has 6 heteroatoms. The molecule has 3 aromatic heterocycles. The van der Waals surface area contributed by atoms with Crippen LogP contribution in [-0.2, 0) is 0 Å². The van der Waals surface area contributed by atoms with E-state index in [2.05, 4.69) is 56.7 Å². The molecule has 1 saturated carbocycles. The number of anilines is 1. The number of fused-ring (bicyclic) bond motifs is 2. The molecule has 2 fully saturated rings. The van der Waals surface area contributed by atoms with Gasteiger partial charge in [0.2, 0.25) is 0 Å². The smallest absolute Gasteiger partial charge is 0.150 e. The molecule has 0 amide bonds. The van der Waals surface area contributed by atoms with E-state index in [1.54, 1.807) is 6.20 Å². The first-order valence-electron chi connectivity index (χ1n) is 13.0. The number of likely N-dealkylation sites (tertiary alicyclic amines) is 1. The Balaban J connectivity index is 1.25. The van der Waals surface area contributed by atoms with Crippen LogP contribution < -0.4 is 5.73 Å². The topological polar surface area (TPSA) is 72.3 Å². The molecular weight excluding hydrogens is 444 g/mol. The van der Waals surface area contributed by atoms with Gasteiger partial charge in [0.1, 0.15) is 22.9 Å². The number of imidazole rings is 1. The molecule has 1 aliphatic carbocycles. The van der Waals surface area contributed by atoms with Gasteiger partial charge < -0.3 is 10.6 Å². The maximum Gasteiger partial charge on any atom is 0.150 e. The third-order valence-corrected chi connectivity index (χ3v) is 7.96. The van der Waals surface area contributed by atoms with Gasteiger partial charge in [-0.05, 0) is 56.8 Å². The molecule has 0 spiro atoms. The molecule has 180 valence electrons. The van der Waals surface area contributed by atoms with Gasteiger partial charge in [0.05, 0.1) is 11.2 Å². The lowest BCUT2D eigenvalue weighted by atomic mass is 9.74. The predicted molar refractivity (Wildman–Crippen MR) is 145 cm³/mol. The number of nitrogens with zero attached hydrogens (tertiary/aromatic N) is 5. The van der Waals surface area contributed by atoms with Crippen molar-refractivity contribution in [2.75, 3.05) is 25.4 Å². The van der Waals surface area contributed by atoms with Crippen molar-refractivity contribution < 1.29 is 0 Å². The fraction of sp³-hybridized carbons (Fsp3) is 0.300. The third kappa shape index (κ3) is 3.73. The van der Waals surface area contributed by atoms with E-state index in [0.717, 1.165) is 50.7 Å². The van der Waals surface area contributed by atoms with E-state index in [-0.39, 0.29) is 0 Å². The van der Waals surface area contributed by atoms with E-state index in [4.69, 9.17) is 15.7 Å².